The largest absolute Gasteiger partial charge is 0.346 e. The van der Waals surface area contributed by atoms with Gasteiger partial charge in [-0.2, -0.15) is 0 Å². The molecular weight excluding hydrogens is 439 g/mol. The summed E-state index contributed by atoms with van der Waals surface area (Å²) < 4.78 is 40.0. The third-order valence-electron chi connectivity index (χ3n) is 5.79. The molecule has 0 bridgehead atoms. The quantitative estimate of drug-likeness (QED) is 0.518. The van der Waals surface area contributed by atoms with E-state index in [0.29, 0.717) is 11.3 Å². The van der Waals surface area contributed by atoms with Crippen LogP contribution in [0, 0.1) is 26.6 Å². The van der Waals surface area contributed by atoms with Crippen molar-refractivity contribution in [3.63, 3.8) is 0 Å². The standard InChI is InChI=1S/C26H29FN2O3S/c1-17-14-19(3)24(15-18(17)2)20(4)28-26(30)21-10-12-23(13-11-21)29(33(5,31)32)16-22-8-6-7-9-25(22)27/h6-15,20H,16H2,1-5H3,(H,28,30)/t20-/m1/s1. The van der Waals surface area contributed by atoms with Crippen LogP contribution in [0.4, 0.5) is 10.1 Å². The van der Waals surface area contributed by atoms with Gasteiger partial charge in [0.2, 0.25) is 10.0 Å². The summed E-state index contributed by atoms with van der Waals surface area (Å²) in [6, 6.07) is 16.3. The molecule has 0 spiro atoms. The fraction of sp³-hybridized carbons (Fsp3) is 0.269. The molecule has 0 aliphatic rings. The number of rotatable bonds is 7. The van der Waals surface area contributed by atoms with E-state index in [1.807, 2.05) is 20.8 Å². The molecule has 1 N–H and O–H groups in total. The summed E-state index contributed by atoms with van der Waals surface area (Å²) in [5.41, 5.74) is 5.56. The number of carbonyl (C=O) groups excluding carboxylic acids is 1. The van der Waals surface area contributed by atoms with E-state index in [1.54, 1.807) is 42.5 Å². The molecule has 0 unspecified atom stereocenters. The minimum absolute atomic E-state index is 0.139. The van der Waals surface area contributed by atoms with Gasteiger partial charge in [-0.1, -0.05) is 30.3 Å². The molecule has 33 heavy (non-hydrogen) atoms. The van der Waals surface area contributed by atoms with Crippen molar-refractivity contribution < 1.29 is 17.6 Å². The van der Waals surface area contributed by atoms with E-state index in [2.05, 4.69) is 24.4 Å². The maximum atomic E-state index is 14.1. The second-order valence-corrected chi connectivity index (χ2v) is 10.3. The highest BCUT2D eigenvalue weighted by Gasteiger charge is 2.20. The number of benzene rings is 3. The van der Waals surface area contributed by atoms with E-state index in [0.717, 1.165) is 27.3 Å². The molecule has 0 saturated heterocycles. The Hall–Kier alpha value is -3.19. The highest BCUT2D eigenvalue weighted by atomic mass is 32.2. The Morgan fingerprint density at radius 2 is 1.58 bits per heavy atom. The zero-order chi connectivity index (χ0) is 24.3. The van der Waals surface area contributed by atoms with Crippen molar-refractivity contribution in [2.45, 2.75) is 40.3 Å². The Morgan fingerprint density at radius 1 is 0.970 bits per heavy atom. The van der Waals surface area contributed by atoms with Gasteiger partial charge >= 0.3 is 0 Å². The zero-order valence-electron chi connectivity index (χ0n) is 19.5. The number of hydrogen-bond acceptors (Lipinski definition) is 3. The lowest BCUT2D eigenvalue weighted by atomic mass is 9.96. The molecule has 0 saturated carbocycles. The van der Waals surface area contributed by atoms with Crippen LogP contribution in [0.5, 0.6) is 0 Å². The first-order valence-electron chi connectivity index (χ1n) is 10.7. The highest BCUT2D eigenvalue weighted by Crippen LogP contribution is 2.24. The average Bonchev–Trinajstić information content (AvgIpc) is 2.75. The van der Waals surface area contributed by atoms with E-state index < -0.39 is 15.8 Å². The molecule has 5 nitrogen and oxygen atoms in total. The lowest BCUT2D eigenvalue weighted by Crippen LogP contribution is -2.30. The topological polar surface area (TPSA) is 66.5 Å². The maximum absolute atomic E-state index is 14.1. The van der Waals surface area contributed by atoms with Crippen LogP contribution in [0.15, 0.2) is 60.7 Å². The number of aryl methyl sites for hydroxylation is 3. The van der Waals surface area contributed by atoms with Crippen molar-refractivity contribution in [2.24, 2.45) is 0 Å². The van der Waals surface area contributed by atoms with Gasteiger partial charge in [0.05, 0.1) is 24.5 Å². The summed E-state index contributed by atoms with van der Waals surface area (Å²) in [7, 11) is -3.67. The molecule has 0 heterocycles. The molecule has 0 aliphatic carbocycles. The van der Waals surface area contributed by atoms with Crippen molar-refractivity contribution in [3.8, 4) is 0 Å². The van der Waals surface area contributed by atoms with Gasteiger partial charge in [-0.15, -0.1) is 0 Å². The normalized spacial score (nSPS) is 12.3. The van der Waals surface area contributed by atoms with E-state index in [1.165, 1.54) is 11.6 Å². The predicted molar refractivity (Wildman–Crippen MR) is 130 cm³/mol. The Kier molecular flexibility index (Phi) is 7.22. The van der Waals surface area contributed by atoms with Gasteiger partial charge in [0, 0.05) is 11.1 Å². The number of amides is 1. The molecule has 1 atom stereocenters. The van der Waals surface area contributed by atoms with Crippen molar-refractivity contribution in [3.05, 3.63) is 99.9 Å². The van der Waals surface area contributed by atoms with Crippen LogP contribution >= 0.6 is 0 Å². The third kappa shape index (κ3) is 5.79. The summed E-state index contributed by atoms with van der Waals surface area (Å²) in [5.74, 6) is -0.732. The van der Waals surface area contributed by atoms with Crippen LogP contribution in [-0.4, -0.2) is 20.6 Å². The number of nitrogens with one attached hydrogen (secondary N) is 1. The summed E-state index contributed by atoms with van der Waals surface area (Å²) >= 11 is 0. The summed E-state index contributed by atoms with van der Waals surface area (Å²) in [6.07, 6.45) is 1.07. The Balaban J connectivity index is 1.79. The van der Waals surface area contributed by atoms with Crippen LogP contribution in [0.1, 0.15) is 51.1 Å². The van der Waals surface area contributed by atoms with Crippen LogP contribution in [0.3, 0.4) is 0 Å². The molecule has 3 rings (SSSR count). The smallest absolute Gasteiger partial charge is 0.251 e. The monoisotopic (exact) mass is 468 g/mol. The fourth-order valence-corrected chi connectivity index (χ4v) is 4.65. The summed E-state index contributed by atoms with van der Waals surface area (Å²) in [5, 5.41) is 3.01. The van der Waals surface area contributed by atoms with Gasteiger partial charge in [-0.05, 0) is 80.3 Å². The maximum Gasteiger partial charge on any atom is 0.251 e. The molecular formula is C26H29FN2O3S. The predicted octanol–water partition coefficient (Wildman–Crippen LogP) is 5.21. The minimum Gasteiger partial charge on any atom is -0.346 e. The molecule has 3 aromatic rings. The van der Waals surface area contributed by atoms with E-state index in [4.69, 9.17) is 0 Å². The lowest BCUT2D eigenvalue weighted by molar-refractivity contribution is 0.0940. The summed E-state index contributed by atoms with van der Waals surface area (Å²) in [4.78, 5) is 12.8. The van der Waals surface area contributed by atoms with Gasteiger partial charge in [-0.3, -0.25) is 9.10 Å². The first-order chi connectivity index (χ1) is 15.5. The van der Waals surface area contributed by atoms with Crippen molar-refractivity contribution in [1.29, 1.82) is 0 Å². The molecule has 0 fully saturated rings. The van der Waals surface area contributed by atoms with Gasteiger partial charge in [-0.25, -0.2) is 12.8 Å². The molecule has 3 aromatic carbocycles. The molecule has 0 radical (unpaired) electrons. The molecule has 0 aromatic heterocycles. The van der Waals surface area contributed by atoms with Crippen LogP contribution in [0.25, 0.3) is 0 Å². The number of carbonyl (C=O) groups is 1. The number of hydrogen-bond donors (Lipinski definition) is 1. The van der Waals surface area contributed by atoms with E-state index in [9.17, 15) is 17.6 Å². The number of anilines is 1. The zero-order valence-corrected chi connectivity index (χ0v) is 20.3. The Labute approximate surface area is 195 Å². The Bertz CT molecular complexity index is 1270. The van der Waals surface area contributed by atoms with E-state index >= 15 is 0 Å². The Morgan fingerprint density at radius 3 is 2.18 bits per heavy atom. The molecule has 7 heteroatoms. The van der Waals surface area contributed by atoms with Gasteiger partial charge in [0.15, 0.2) is 0 Å². The van der Waals surface area contributed by atoms with Crippen LogP contribution in [0.2, 0.25) is 0 Å². The van der Waals surface area contributed by atoms with Gasteiger partial charge < -0.3 is 5.32 Å². The average molecular weight is 469 g/mol. The summed E-state index contributed by atoms with van der Waals surface area (Å²) in [6.45, 7) is 7.92. The highest BCUT2D eigenvalue weighted by molar-refractivity contribution is 7.92. The fourth-order valence-electron chi connectivity index (χ4n) is 3.77. The second kappa shape index (κ2) is 9.75. The van der Waals surface area contributed by atoms with Gasteiger partial charge in [0.1, 0.15) is 5.82 Å². The van der Waals surface area contributed by atoms with Crippen LogP contribution in [-0.2, 0) is 16.6 Å². The number of sulfonamides is 1. The number of halogens is 1. The first kappa shape index (κ1) is 24.5. The molecule has 1 amide bonds. The SMILES string of the molecule is Cc1cc(C)c([C@@H](C)NC(=O)c2ccc(N(Cc3ccccc3F)S(C)(=O)=O)cc2)cc1C. The van der Waals surface area contributed by atoms with Crippen molar-refractivity contribution in [1.82, 2.24) is 5.32 Å². The number of nitrogens with zero attached hydrogens (tertiary/aromatic N) is 1. The first-order valence-corrected chi connectivity index (χ1v) is 12.5. The molecule has 0 aliphatic heterocycles. The third-order valence-corrected chi connectivity index (χ3v) is 6.93. The van der Waals surface area contributed by atoms with Crippen LogP contribution < -0.4 is 9.62 Å². The second-order valence-electron chi connectivity index (χ2n) is 8.40. The molecule has 174 valence electrons. The lowest BCUT2D eigenvalue weighted by Gasteiger charge is -2.23. The van der Waals surface area contributed by atoms with Gasteiger partial charge in [0.25, 0.3) is 5.91 Å². The minimum atomic E-state index is -3.67. The van der Waals surface area contributed by atoms with E-state index in [-0.39, 0.29) is 24.1 Å². The van der Waals surface area contributed by atoms with Crippen molar-refractivity contribution >= 4 is 21.6 Å². The van der Waals surface area contributed by atoms with Crippen molar-refractivity contribution in [2.75, 3.05) is 10.6 Å².